The number of nitrogens with zero attached hydrogens (tertiary/aromatic N) is 6. The minimum Gasteiger partial charge on any atom is -0.467 e. The molecule has 4 heterocycles. The summed E-state index contributed by atoms with van der Waals surface area (Å²) in [6.45, 7) is 7.03. The van der Waals surface area contributed by atoms with Gasteiger partial charge in [-0.05, 0) is 70.4 Å². The molecule has 1 unspecified atom stereocenters. The van der Waals surface area contributed by atoms with Crippen LogP contribution in [0.2, 0.25) is 0 Å². The van der Waals surface area contributed by atoms with Gasteiger partial charge in [-0.25, -0.2) is 19.2 Å². The summed E-state index contributed by atoms with van der Waals surface area (Å²) in [4.78, 5) is 26.9. The molecule has 3 aromatic heterocycles. The number of fused-ring (bicyclic) bond motifs is 2. The predicted octanol–water partition coefficient (Wildman–Crippen LogP) is 5.48. The number of ether oxygens (including phenoxy) is 3. The van der Waals surface area contributed by atoms with Crippen molar-refractivity contribution in [2.24, 2.45) is 7.05 Å². The monoisotopic (exact) mass is 576 g/mol. The number of halogens is 1. The Balaban J connectivity index is 1.24. The Morgan fingerprint density at radius 2 is 1.86 bits per heavy atom. The molecule has 0 spiro atoms. The van der Waals surface area contributed by atoms with Crippen molar-refractivity contribution in [3.8, 4) is 17.0 Å². The lowest BCUT2D eigenvalue weighted by atomic mass is 9.88. The van der Waals surface area contributed by atoms with Gasteiger partial charge in [-0.15, -0.1) is 0 Å². The molecule has 10 nitrogen and oxygen atoms in total. The molecule has 2 aliphatic rings. The van der Waals surface area contributed by atoms with Gasteiger partial charge in [-0.1, -0.05) is 0 Å². The van der Waals surface area contributed by atoms with Crippen LogP contribution in [0.1, 0.15) is 40.0 Å². The maximum Gasteiger partial charge on any atom is 0.410 e. The standard InChI is InChI=1S/C31H37FN6O4/c1-31(2,3)42-30(39)38(22-13-20(32)14-22)21-10-11-37(17-21)29-9-8-25-26(35-29)7-6-24(34-25)23-12-19-16-33-36(4)27(19)15-28(23)41-18-40-5/h6-9,12,15-16,20-22H,10-11,13-14,17-18H2,1-5H3. The quantitative estimate of drug-likeness (QED) is 0.267. The van der Waals surface area contributed by atoms with Crippen molar-refractivity contribution >= 4 is 33.8 Å². The van der Waals surface area contributed by atoms with Gasteiger partial charge >= 0.3 is 6.09 Å². The minimum absolute atomic E-state index is 0.0664. The molecule has 4 aromatic rings. The van der Waals surface area contributed by atoms with Crippen molar-refractivity contribution in [2.45, 2.75) is 63.9 Å². The summed E-state index contributed by atoms with van der Waals surface area (Å²) in [5.41, 5.74) is 3.47. The number of anilines is 1. The largest absolute Gasteiger partial charge is 0.467 e. The molecule has 222 valence electrons. The molecular weight excluding hydrogens is 539 g/mol. The lowest BCUT2D eigenvalue weighted by Crippen LogP contribution is -2.55. The minimum atomic E-state index is -0.856. The summed E-state index contributed by atoms with van der Waals surface area (Å²) < 4.78 is 32.3. The van der Waals surface area contributed by atoms with Gasteiger partial charge in [-0.3, -0.25) is 4.68 Å². The molecule has 0 N–H and O–H groups in total. The van der Waals surface area contributed by atoms with Crippen LogP contribution in [0.25, 0.3) is 33.2 Å². The molecule has 2 fully saturated rings. The lowest BCUT2D eigenvalue weighted by Gasteiger charge is -2.43. The molecule has 1 amide bonds. The number of carbonyl (C=O) groups is 1. The molecule has 0 radical (unpaired) electrons. The molecule has 1 aliphatic heterocycles. The number of carbonyl (C=O) groups excluding carboxylic acids is 1. The molecule has 6 rings (SSSR count). The fourth-order valence-electron chi connectivity index (χ4n) is 5.78. The number of hydrogen-bond donors (Lipinski definition) is 0. The zero-order chi connectivity index (χ0) is 29.6. The van der Waals surface area contributed by atoms with E-state index in [4.69, 9.17) is 24.2 Å². The van der Waals surface area contributed by atoms with E-state index < -0.39 is 11.8 Å². The summed E-state index contributed by atoms with van der Waals surface area (Å²) in [7, 11) is 3.48. The summed E-state index contributed by atoms with van der Waals surface area (Å²) >= 11 is 0. The third-order valence-electron chi connectivity index (χ3n) is 7.92. The Bertz CT molecular complexity index is 1610. The number of aromatic nitrogens is 4. The van der Waals surface area contributed by atoms with E-state index in [1.165, 1.54) is 0 Å². The molecule has 1 saturated heterocycles. The molecule has 1 aromatic carbocycles. The van der Waals surface area contributed by atoms with Crippen LogP contribution in [-0.4, -0.2) is 81.6 Å². The van der Waals surface area contributed by atoms with Gasteiger partial charge in [-0.2, -0.15) is 5.10 Å². The summed E-state index contributed by atoms with van der Waals surface area (Å²) in [5.74, 6) is 1.48. The highest BCUT2D eigenvalue weighted by Gasteiger charge is 2.43. The smallest absolute Gasteiger partial charge is 0.410 e. The first-order valence-corrected chi connectivity index (χ1v) is 14.4. The average Bonchev–Trinajstić information content (AvgIpc) is 3.56. The van der Waals surface area contributed by atoms with E-state index in [-0.39, 0.29) is 25.0 Å². The van der Waals surface area contributed by atoms with Crippen molar-refractivity contribution in [3.63, 3.8) is 0 Å². The SMILES string of the molecule is COCOc1cc2c(cnn2C)cc1-c1ccc2nc(N3CCC(N(C(=O)OC(C)(C)C)C4CC(F)C4)C3)ccc2n1. The van der Waals surface area contributed by atoms with Gasteiger partial charge in [0, 0.05) is 50.3 Å². The molecule has 42 heavy (non-hydrogen) atoms. The van der Waals surface area contributed by atoms with E-state index in [0.29, 0.717) is 25.1 Å². The first kappa shape index (κ1) is 28.1. The van der Waals surface area contributed by atoms with E-state index in [1.54, 1.807) is 16.7 Å². The highest BCUT2D eigenvalue weighted by Crippen LogP contribution is 2.36. The number of methoxy groups -OCH3 is 1. The second-order valence-corrected chi connectivity index (χ2v) is 12.1. The summed E-state index contributed by atoms with van der Waals surface area (Å²) in [6, 6.07) is 11.6. The number of benzene rings is 1. The average molecular weight is 577 g/mol. The van der Waals surface area contributed by atoms with E-state index in [2.05, 4.69) is 10.00 Å². The van der Waals surface area contributed by atoms with Gasteiger partial charge in [0.1, 0.15) is 23.3 Å². The highest BCUT2D eigenvalue weighted by molar-refractivity contribution is 5.89. The maximum absolute atomic E-state index is 13.8. The molecule has 1 aliphatic carbocycles. The van der Waals surface area contributed by atoms with Crippen molar-refractivity contribution in [1.82, 2.24) is 24.6 Å². The fourth-order valence-corrected chi connectivity index (χ4v) is 5.78. The molecule has 0 bridgehead atoms. The van der Waals surface area contributed by atoms with Crippen molar-refractivity contribution < 1.29 is 23.4 Å². The van der Waals surface area contributed by atoms with Crippen LogP contribution in [-0.2, 0) is 16.5 Å². The Kier molecular flexibility index (Phi) is 7.38. The second kappa shape index (κ2) is 11.0. The van der Waals surface area contributed by atoms with Crippen LogP contribution in [0, 0.1) is 0 Å². The van der Waals surface area contributed by atoms with Crippen molar-refractivity contribution in [3.05, 3.63) is 42.6 Å². The fraction of sp³-hybridized carbons (Fsp3) is 0.484. The van der Waals surface area contributed by atoms with Gasteiger partial charge < -0.3 is 24.0 Å². The van der Waals surface area contributed by atoms with Gasteiger partial charge in [0.2, 0.25) is 0 Å². The zero-order valence-electron chi connectivity index (χ0n) is 24.7. The molecular formula is C31H37FN6O4. The third-order valence-corrected chi connectivity index (χ3v) is 7.92. The van der Waals surface area contributed by atoms with Gasteiger partial charge in [0.25, 0.3) is 0 Å². The number of aryl methyl sites for hydroxylation is 1. The Labute approximate surface area is 244 Å². The number of amides is 1. The topological polar surface area (TPSA) is 94.8 Å². The number of rotatable bonds is 7. The van der Waals surface area contributed by atoms with E-state index >= 15 is 0 Å². The second-order valence-electron chi connectivity index (χ2n) is 12.1. The molecule has 1 atom stereocenters. The van der Waals surface area contributed by atoms with Crippen molar-refractivity contribution in [1.29, 1.82) is 0 Å². The van der Waals surface area contributed by atoms with Crippen LogP contribution in [0.3, 0.4) is 0 Å². The van der Waals surface area contributed by atoms with E-state index in [0.717, 1.165) is 52.0 Å². The predicted molar refractivity (Wildman–Crippen MR) is 158 cm³/mol. The summed E-state index contributed by atoms with van der Waals surface area (Å²) in [6.07, 6.45) is 2.10. The van der Waals surface area contributed by atoms with E-state index in [1.807, 2.05) is 70.4 Å². The first-order valence-electron chi connectivity index (χ1n) is 14.4. The summed E-state index contributed by atoms with van der Waals surface area (Å²) in [5, 5.41) is 5.35. The number of alkyl halides is 1. The number of pyridine rings is 2. The maximum atomic E-state index is 13.8. The first-order chi connectivity index (χ1) is 20.1. The number of hydrogen-bond acceptors (Lipinski definition) is 8. The van der Waals surface area contributed by atoms with Crippen LogP contribution >= 0.6 is 0 Å². The van der Waals surface area contributed by atoms with Gasteiger partial charge in [0.15, 0.2) is 6.79 Å². The van der Waals surface area contributed by atoms with Crippen LogP contribution in [0.15, 0.2) is 42.6 Å². The lowest BCUT2D eigenvalue weighted by molar-refractivity contribution is -0.0178. The third kappa shape index (κ3) is 5.57. The van der Waals surface area contributed by atoms with Crippen LogP contribution in [0.4, 0.5) is 15.0 Å². The zero-order valence-corrected chi connectivity index (χ0v) is 24.7. The molecule has 11 heteroatoms. The molecule has 1 saturated carbocycles. The normalized spacial score (nSPS) is 20.6. The highest BCUT2D eigenvalue weighted by atomic mass is 19.1. The van der Waals surface area contributed by atoms with E-state index in [9.17, 15) is 9.18 Å². The Morgan fingerprint density at radius 1 is 1.10 bits per heavy atom. The van der Waals surface area contributed by atoms with Crippen molar-refractivity contribution in [2.75, 3.05) is 31.9 Å². The Hall–Kier alpha value is -3.99. The Morgan fingerprint density at radius 3 is 2.60 bits per heavy atom. The van der Waals surface area contributed by atoms with Gasteiger partial charge in [0.05, 0.1) is 34.5 Å². The van der Waals surface area contributed by atoms with Crippen LogP contribution in [0.5, 0.6) is 5.75 Å². The van der Waals surface area contributed by atoms with Crippen LogP contribution < -0.4 is 9.64 Å².